The van der Waals surface area contributed by atoms with Crippen LogP contribution in [0.15, 0.2) is 170 Å². The zero-order valence-corrected chi connectivity index (χ0v) is 28.5. The van der Waals surface area contributed by atoms with Crippen LogP contribution in [0.1, 0.15) is 0 Å². The Morgan fingerprint density at radius 1 is 0.320 bits per heavy atom. The van der Waals surface area contributed by atoms with Gasteiger partial charge in [0.15, 0.2) is 0 Å². The van der Waals surface area contributed by atoms with Crippen molar-refractivity contribution in [3.8, 4) is 32.3 Å². The maximum atomic E-state index is 2.49. The smallest absolute Gasteiger partial charge is 0.102 e. The third kappa shape index (κ3) is 4.07. The number of para-hydroxylation sites is 4. The summed E-state index contributed by atoms with van der Waals surface area (Å²) < 4.78 is 7.55. The number of aromatic nitrogens is 2. The van der Waals surface area contributed by atoms with Crippen LogP contribution in [0.5, 0.6) is 0 Å². The topological polar surface area (TPSA) is 9.86 Å². The van der Waals surface area contributed by atoms with Crippen LogP contribution in [0, 0.1) is 0 Å². The normalized spacial score (nSPS) is 12.0. The highest BCUT2D eigenvalue weighted by Gasteiger charge is 2.20. The van der Waals surface area contributed by atoms with Crippen LogP contribution in [-0.2, 0) is 0 Å². The minimum Gasteiger partial charge on any atom is -0.301 e. The summed E-state index contributed by atoms with van der Waals surface area (Å²) in [4.78, 5) is 0. The lowest BCUT2D eigenvalue weighted by molar-refractivity contribution is 1.22. The molecule has 0 N–H and O–H groups in total. The molecule has 0 aliphatic carbocycles. The number of hydrogen-bond acceptors (Lipinski definition) is 2. The van der Waals surface area contributed by atoms with Crippen LogP contribution in [0.25, 0.3) is 96.0 Å². The Labute approximate surface area is 296 Å². The lowest BCUT2D eigenvalue weighted by Crippen LogP contribution is -1.93. The number of benzene rings is 7. The fourth-order valence-electron chi connectivity index (χ4n) is 7.95. The molecular weight excluding hydrogens is 645 g/mol. The predicted molar refractivity (Wildman–Crippen MR) is 217 cm³/mol. The molecule has 2 nitrogen and oxygen atoms in total. The summed E-state index contributed by atoms with van der Waals surface area (Å²) in [6, 6.07) is 62.4. The van der Waals surface area contributed by atoms with Gasteiger partial charge in [0, 0.05) is 47.3 Å². The van der Waals surface area contributed by atoms with E-state index in [4.69, 9.17) is 0 Å². The van der Waals surface area contributed by atoms with Crippen molar-refractivity contribution in [2.45, 2.75) is 0 Å². The number of nitrogens with zero attached hydrogens (tertiary/aromatic N) is 2. The summed E-state index contributed by atoms with van der Waals surface area (Å²) in [6.45, 7) is 0. The predicted octanol–water partition coefficient (Wildman–Crippen LogP) is 13.6. The van der Waals surface area contributed by atoms with Gasteiger partial charge in [-0.05, 0) is 71.3 Å². The molecule has 0 bridgehead atoms. The molecule has 0 fully saturated rings. The molecule has 11 rings (SSSR count). The molecule has 0 aliphatic rings. The van der Waals surface area contributed by atoms with Crippen molar-refractivity contribution in [2.24, 2.45) is 0 Å². The second-order valence-electron chi connectivity index (χ2n) is 12.9. The van der Waals surface area contributed by atoms with Crippen LogP contribution in [0.4, 0.5) is 0 Å². The van der Waals surface area contributed by atoms with Crippen LogP contribution >= 0.6 is 22.7 Å². The van der Waals surface area contributed by atoms with Crippen LogP contribution in [-0.4, -0.2) is 9.13 Å². The molecule has 0 amide bonds. The Hall–Kier alpha value is -5.94. The van der Waals surface area contributed by atoms with E-state index in [0.29, 0.717) is 0 Å². The monoisotopic (exact) mass is 672 g/mol. The van der Waals surface area contributed by atoms with Gasteiger partial charge in [0.25, 0.3) is 0 Å². The molecule has 4 aromatic heterocycles. The van der Waals surface area contributed by atoms with Gasteiger partial charge in [0.05, 0.1) is 22.1 Å². The molecule has 234 valence electrons. The minimum atomic E-state index is 1.20. The second kappa shape index (κ2) is 10.8. The van der Waals surface area contributed by atoms with Gasteiger partial charge in [-0.2, -0.15) is 0 Å². The second-order valence-corrected chi connectivity index (χ2v) is 15.1. The summed E-state index contributed by atoms with van der Waals surface area (Å²) in [7, 11) is 0. The molecule has 7 aromatic carbocycles. The lowest BCUT2D eigenvalue weighted by atomic mass is 9.99. The largest absolute Gasteiger partial charge is 0.301 e. The first-order chi connectivity index (χ1) is 24.8. The summed E-state index contributed by atoms with van der Waals surface area (Å²) >= 11 is 3.72. The Morgan fingerprint density at radius 2 is 0.840 bits per heavy atom. The SMILES string of the molecule is c1ccc(-c2ccc3sc4ccc(-c5cccc6c7ccccc7n(-c7ccc(-n8c9ccccc9c9ccccc98)s7)c56)cc4c3c2)cc1. The minimum absolute atomic E-state index is 1.20. The molecule has 0 atom stereocenters. The van der Waals surface area contributed by atoms with Gasteiger partial charge >= 0.3 is 0 Å². The lowest BCUT2D eigenvalue weighted by Gasteiger charge is -2.10. The Bertz CT molecular complexity index is 3040. The molecule has 0 saturated carbocycles. The van der Waals surface area contributed by atoms with Crippen molar-refractivity contribution in [1.29, 1.82) is 0 Å². The van der Waals surface area contributed by atoms with Gasteiger partial charge in [-0.15, -0.1) is 11.3 Å². The molecule has 0 saturated heterocycles. The number of rotatable bonds is 4. The van der Waals surface area contributed by atoms with Gasteiger partial charge in [0.1, 0.15) is 10.0 Å². The first-order valence-electron chi connectivity index (χ1n) is 16.9. The maximum Gasteiger partial charge on any atom is 0.102 e. The van der Waals surface area contributed by atoms with Crippen molar-refractivity contribution in [3.05, 3.63) is 170 Å². The number of hydrogen-bond donors (Lipinski definition) is 0. The van der Waals surface area contributed by atoms with Crippen molar-refractivity contribution < 1.29 is 0 Å². The molecule has 4 heterocycles. The Balaban J connectivity index is 1.14. The van der Waals surface area contributed by atoms with Crippen molar-refractivity contribution in [3.63, 3.8) is 0 Å². The van der Waals surface area contributed by atoms with Crippen LogP contribution in [0.2, 0.25) is 0 Å². The highest BCUT2D eigenvalue weighted by Crippen LogP contribution is 2.44. The molecule has 0 spiro atoms. The summed E-state index contributed by atoms with van der Waals surface area (Å²) in [5, 5.41) is 10.1. The van der Waals surface area contributed by atoms with Crippen molar-refractivity contribution in [1.82, 2.24) is 9.13 Å². The maximum absolute atomic E-state index is 2.49. The van der Waals surface area contributed by atoms with Gasteiger partial charge in [0.2, 0.25) is 0 Å². The molecule has 0 radical (unpaired) electrons. The third-order valence-corrected chi connectivity index (χ3v) is 12.4. The first kappa shape index (κ1) is 28.0. The quantitative estimate of drug-likeness (QED) is 0.176. The zero-order chi connectivity index (χ0) is 32.8. The van der Waals surface area contributed by atoms with Crippen molar-refractivity contribution in [2.75, 3.05) is 0 Å². The molecule has 4 heteroatoms. The van der Waals surface area contributed by atoms with Crippen molar-refractivity contribution >= 4 is 86.5 Å². The van der Waals surface area contributed by atoms with Crippen LogP contribution < -0.4 is 0 Å². The summed E-state index contributed by atoms with van der Waals surface area (Å²) in [5.41, 5.74) is 9.90. The summed E-state index contributed by atoms with van der Waals surface area (Å²) in [5.74, 6) is 0. The standard InChI is InChI=1S/C46H28N2S2/c1-2-11-29(12-3-1)30-21-23-42-37(27-30)38-28-31(22-24-43(38)49-42)32-16-10-17-36-35-15-6-9-20-41(35)48(46(32)36)45-26-25-44(50-45)47-39-18-7-4-13-33(39)34-14-5-8-19-40(34)47/h1-28H. The van der Waals surface area contributed by atoms with Crippen LogP contribution in [0.3, 0.4) is 0 Å². The first-order valence-corrected chi connectivity index (χ1v) is 18.6. The van der Waals surface area contributed by atoms with E-state index in [-0.39, 0.29) is 0 Å². The van der Waals surface area contributed by atoms with Gasteiger partial charge in [-0.3, -0.25) is 4.57 Å². The van der Waals surface area contributed by atoms with E-state index in [2.05, 4.69) is 179 Å². The van der Waals surface area contributed by atoms with E-state index < -0.39 is 0 Å². The number of fused-ring (bicyclic) bond motifs is 9. The average molecular weight is 673 g/mol. The van der Waals surface area contributed by atoms with E-state index >= 15 is 0 Å². The van der Waals surface area contributed by atoms with Gasteiger partial charge < -0.3 is 4.57 Å². The fraction of sp³-hybridized carbons (Fsp3) is 0. The molecular formula is C46H28N2S2. The zero-order valence-electron chi connectivity index (χ0n) is 26.9. The van der Waals surface area contributed by atoms with Gasteiger partial charge in [-0.25, -0.2) is 0 Å². The highest BCUT2D eigenvalue weighted by molar-refractivity contribution is 7.25. The van der Waals surface area contributed by atoms with E-state index in [0.717, 1.165) is 0 Å². The summed E-state index contributed by atoms with van der Waals surface area (Å²) in [6.07, 6.45) is 0. The Morgan fingerprint density at radius 3 is 1.52 bits per heavy atom. The van der Waals surface area contributed by atoms with E-state index in [1.165, 1.54) is 96.0 Å². The van der Waals surface area contributed by atoms with E-state index in [9.17, 15) is 0 Å². The van der Waals surface area contributed by atoms with Gasteiger partial charge in [-0.1, -0.05) is 127 Å². The van der Waals surface area contributed by atoms with E-state index in [1.54, 1.807) is 0 Å². The third-order valence-electron chi connectivity index (χ3n) is 10.2. The van der Waals surface area contributed by atoms with E-state index in [1.807, 2.05) is 22.7 Å². The number of thiophene rings is 2. The molecule has 50 heavy (non-hydrogen) atoms. The molecule has 11 aromatic rings. The fourth-order valence-corrected chi connectivity index (χ4v) is 10.1. The molecule has 0 aliphatic heterocycles. The highest BCUT2D eigenvalue weighted by atomic mass is 32.1. The average Bonchev–Trinajstić information content (AvgIpc) is 3.95. The molecule has 0 unspecified atom stereocenters. The Kier molecular flexibility index (Phi) is 6.03.